The summed E-state index contributed by atoms with van der Waals surface area (Å²) >= 11 is 0. The number of aromatic nitrogens is 1. The molecule has 160 valence electrons. The number of aromatic carboxylic acids is 1. The van der Waals surface area contributed by atoms with Crippen molar-refractivity contribution in [2.75, 3.05) is 13.1 Å². The molecule has 5 nitrogen and oxygen atoms in total. The van der Waals surface area contributed by atoms with Crippen LogP contribution in [0.15, 0.2) is 72.9 Å². The molecule has 1 fully saturated rings. The highest BCUT2D eigenvalue weighted by Gasteiger charge is 2.25. The van der Waals surface area contributed by atoms with Crippen molar-refractivity contribution in [1.29, 1.82) is 0 Å². The number of pyridine rings is 1. The monoisotopic (exact) mass is 420 g/mol. The molecule has 2 aromatic carbocycles. The molecule has 0 spiro atoms. The summed E-state index contributed by atoms with van der Waals surface area (Å²) in [5.41, 5.74) is 3.00. The van der Waals surface area contributed by atoms with Gasteiger partial charge in [-0.3, -0.25) is 4.90 Å². The lowest BCUT2D eigenvalue weighted by Crippen LogP contribution is -2.37. The summed E-state index contributed by atoms with van der Waals surface area (Å²) in [5, 5.41) is 9.12. The average Bonchev–Trinajstić information content (AvgIpc) is 2.80. The number of likely N-dealkylation sites (tertiary alicyclic amines) is 1. The van der Waals surface area contributed by atoms with Crippen LogP contribution in [0.4, 0.5) is 4.39 Å². The predicted molar refractivity (Wildman–Crippen MR) is 115 cm³/mol. The summed E-state index contributed by atoms with van der Waals surface area (Å²) in [7, 11) is 0. The Kier molecular flexibility index (Phi) is 6.70. The van der Waals surface area contributed by atoms with Gasteiger partial charge in [0.1, 0.15) is 17.6 Å². The number of carbonyl (C=O) groups is 1. The third-order valence-electron chi connectivity index (χ3n) is 5.59. The van der Waals surface area contributed by atoms with E-state index in [0.717, 1.165) is 42.6 Å². The number of piperidine rings is 1. The van der Waals surface area contributed by atoms with Gasteiger partial charge in [0.05, 0.1) is 6.10 Å². The number of rotatable bonds is 7. The molecular formula is C25H25FN2O3. The summed E-state index contributed by atoms with van der Waals surface area (Å²) in [6.07, 6.45) is 3.15. The third kappa shape index (κ3) is 5.54. The first-order valence-electron chi connectivity index (χ1n) is 10.4. The van der Waals surface area contributed by atoms with Gasteiger partial charge in [-0.05, 0) is 53.8 Å². The first-order chi connectivity index (χ1) is 15.1. The molecule has 1 aliphatic heterocycles. The Labute approximate surface area is 181 Å². The maximum absolute atomic E-state index is 13.4. The van der Waals surface area contributed by atoms with Gasteiger partial charge in [-0.15, -0.1) is 0 Å². The Morgan fingerprint density at radius 1 is 1.06 bits per heavy atom. The third-order valence-corrected chi connectivity index (χ3v) is 5.59. The first-order valence-corrected chi connectivity index (χ1v) is 10.4. The molecule has 31 heavy (non-hydrogen) atoms. The Morgan fingerprint density at radius 3 is 2.42 bits per heavy atom. The van der Waals surface area contributed by atoms with Crippen LogP contribution in [0, 0.1) is 5.82 Å². The van der Waals surface area contributed by atoms with Crippen molar-refractivity contribution in [3.05, 3.63) is 101 Å². The zero-order valence-electron chi connectivity index (χ0n) is 17.2. The van der Waals surface area contributed by atoms with Crippen molar-refractivity contribution >= 4 is 5.97 Å². The minimum Gasteiger partial charge on any atom is -0.477 e. The topological polar surface area (TPSA) is 62.7 Å². The van der Waals surface area contributed by atoms with Gasteiger partial charge in [0, 0.05) is 25.8 Å². The van der Waals surface area contributed by atoms with Crippen molar-refractivity contribution in [2.45, 2.75) is 31.6 Å². The highest BCUT2D eigenvalue weighted by Crippen LogP contribution is 2.30. The number of hydrogen-bond donors (Lipinski definition) is 1. The van der Waals surface area contributed by atoms with E-state index < -0.39 is 5.97 Å². The minimum atomic E-state index is -1.01. The van der Waals surface area contributed by atoms with E-state index in [4.69, 9.17) is 9.84 Å². The molecule has 0 saturated carbocycles. The van der Waals surface area contributed by atoms with Gasteiger partial charge in [-0.25, -0.2) is 14.2 Å². The van der Waals surface area contributed by atoms with Crippen LogP contribution in [0.5, 0.6) is 0 Å². The molecule has 3 aromatic rings. The number of carboxylic acid groups (broad SMARTS) is 1. The molecule has 1 unspecified atom stereocenters. The molecular weight excluding hydrogens is 395 g/mol. The zero-order chi connectivity index (χ0) is 21.6. The molecule has 1 N–H and O–H groups in total. The number of nitrogens with zero attached hydrogens (tertiary/aromatic N) is 2. The second kappa shape index (κ2) is 9.81. The number of benzene rings is 2. The standard InChI is InChI=1S/C25H25FN2O3/c26-21-8-6-20(7-9-21)24(19-4-2-1-3-5-19)31-22-11-14-28(15-12-22)17-18-10-13-27-23(16-18)25(29)30/h1-10,13,16,22,24H,11-12,14-15,17H2,(H,29,30). The first kappa shape index (κ1) is 21.2. The van der Waals surface area contributed by atoms with Gasteiger partial charge < -0.3 is 9.84 Å². The van der Waals surface area contributed by atoms with Crippen LogP contribution in [-0.4, -0.2) is 40.2 Å². The fourth-order valence-electron chi connectivity index (χ4n) is 3.96. The molecule has 0 aliphatic carbocycles. The molecule has 1 aliphatic rings. The van der Waals surface area contributed by atoms with E-state index in [0.29, 0.717) is 6.54 Å². The summed E-state index contributed by atoms with van der Waals surface area (Å²) in [6, 6.07) is 20.0. The van der Waals surface area contributed by atoms with E-state index in [1.807, 2.05) is 36.4 Å². The lowest BCUT2D eigenvalue weighted by molar-refractivity contribution is -0.0281. The SMILES string of the molecule is O=C(O)c1cc(CN2CCC(OC(c3ccccc3)c3ccc(F)cc3)CC2)ccn1. The number of carboxylic acids is 1. The number of ether oxygens (including phenoxy) is 1. The average molecular weight is 420 g/mol. The fourth-order valence-corrected chi connectivity index (χ4v) is 3.96. The normalized spacial score (nSPS) is 16.2. The van der Waals surface area contributed by atoms with Crippen LogP contribution < -0.4 is 0 Å². The van der Waals surface area contributed by atoms with Gasteiger partial charge >= 0.3 is 5.97 Å². The summed E-state index contributed by atoms with van der Waals surface area (Å²) in [4.78, 5) is 17.3. The molecule has 2 heterocycles. The van der Waals surface area contributed by atoms with E-state index in [1.54, 1.807) is 24.4 Å². The quantitative estimate of drug-likeness (QED) is 0.601. The number of hydrogen-bond acceptors (Lipinski definition) is 4. The lowest BCUT2D eigenvalue weighted by atomic mass is 10.00. The van der Waals surface area contributed by atoms with Crippen LogP contribution in [-0.2, 0) is 11.3 Å². The Morgan fingerprint density at radius 2 is 1.74 bits per heavy atom. The largest absolute Gasteiger partial charge is 0.477 e. The number of halogens is 1. The highest BCUT2D eigenvalue weighted by atomic mass is 19.1. The predicted octanol–water partition coefficient (Wildman–Crippen LogP) is 4.69. The van der Waals surface area contributed by atoms with Gasteiger partial charge in [-0.1, -0.05) is 42.5 Å². The van der Waals surface area contributed by atoms with Gasteiger partial charge in [-0.2, -0.15) is 0 Å². The van der Waals surface area contributed by atoms with Gasteiger partial charge in [0.15, 0.2) is 0 Å². The van der Waals surface area contributed by atoms with E-state index >= 15 is 0 Å². The second-order valence-electron chi connectivity index (χ2n) is 7.81. The van der Waals surface area contributed by atoms with E-state index in [9.17, 15) is 9.18 Å². The highest BCUT2D eigenvalue weighted by molar-refractivity contribution is 5.85. The van der Waals surface area contributed by atoms with Crippen molar-refractivity contribution in [3.63, 3.8) is 0 Å². The molecule has 0 bridgehead atoms. The van der Waals surface area contributed by atoms with Gasteiger partial charge in [0.25, 0.3) is 0 Å². The second-order valence-corrected chi connectivity index (χ2v) is 7.81. The van der Waals surface area contributed by atoms with Crippen LogP contribution in [0.1, 0.15) is 46.1 Å². The Balaban J connectivity index is 1.39. The molecule has 4 rings (SSSR count). The van der Waals surface area contributed by atoms with Crippen LogP contribution in [0.2, 0.25) is 0 Å². The Bertz CT molecular complexity index is 1000. The molecule has 6 heteroatoms. The molecule has 1 saturated heterocycles. The zero-order valence-corrected chi connectivity index (χ0v) is 17.2. The summed E-state index contributed by atoms with van der Waals surface area (Å²) in [6.45, 7) is 2.41. The van der Waals surface area contributed by atoms with Crippen molar-refractivity contribution in [2.24, 2.45) is 0 Å². The lowest BCUT2D eigenvalue weighted by Gasteiger charge is -2.34. The minimum absolute atomic E-state index is 0.0701. The van der Waals surface area contributed by atoms with Crippen molar-refractivity contribution in [3.8, 4) is 0 Å². The van der Waals surface area contributed by atoms with Crippen molar-refractivity contribution < 1.29 is 19.0 Å². The van der Waals surface area contributed by atoms with Crippen LogP contribution in [0.25, 0.3) is 0 Å². The van der Waals surface area contributed by atoms with E-state index in [-0.39, 0.29) is 23.7 Å². The summed E-state index contributed by atoms with van der Waals surface area (Å²) < 4.78 is 19.9. The van der Waals surface area contributed by atoms with Crippen LogP contribution in [0.3, 0.4) is 0 Å². The van der Waals surface area contributed by atoms with Gasteiger partial charge in [0.2, 0.25) is 0 Å². The summed E-state index contributed by atoms with van der Waals surface area (Å²) in [5.74, 6) is -1.27. The molecule has 1 atom stereocenters. The van der Waals surface area contributed by atoms with E-state index in [1.165, 1.54) is 12.1 Å². The molecule has 0 amide bonds. The van der Waals surface area contributed by atoms with Crippen molar-refractivity contribution in [1.82, 2.24) is 9.88 Å². The maximum atomic E-state index is 13.4. The van der Waals surface area contributed by atoms with E-state index in [2.05, 4.69) is 9.88 Å². The molecule has 0 radical (unpaired) electrons. The van der Waals surface area contributed by atoms with Crippen LogP contribution >= 0.6 is 0 Å². The fraction of sp³-hybridized carbons (Fsp3) is 0.280. The maximum Gasteiger partial charge on any atom is 0.354 e. The Hall–Kier alpha value is -3.09. The molecule has 1 aromatic heterocycles. The smallest absolute Gasteiger partial charge is 0.354 e.